The quantitative estimate of drug-likeness (QED) is 0.670. The third-order valence-corrected chi connectivity index (χ3v) is 3.02. The van der Waals surface area contributed by atoms with Crippen LogP contribution in [0.4, 0.5) is 0 Å². The highest BCUT2D eigenvalue weighted by molar-refractivity contribution is 6.27. The van der Waals surface area contributed by atoms with Crippen molar-refractivity contribution in [1.29, 1.82) is 0 Å². The second-order valence-corrected chi connectivity index (χ2v) is 4.04. The number of carbonyl (C=O) groups is 1. The zero-order valence-electron chi connectivity index (χ0n) is 7.68. The van der Waals surface area contributed by atoms with Gasteiger partial charge in [-0.05, 0) is 12.8 Å². The molecule has 0 radical (unpaired) electrons. The number of rotatable bonds is 4. The van der Waals surface area contributed by atoms with Gasteiger partial charge in [0, 0.05) is 12.0 Å². The summed E-state index contributed by atoms with van der Waals surface area (Å²) in [6.07, 6.45) is 4.31. The molecule has 0 aliphatic heterocycles. The number of aliphatic hydroxyl groups is 1. The molecule has 1 aliphatic carbocycles. The lowest BCUT2D eigenvalue weighted by molar-refractivity contribution is -0.119. The molecule has 1 aliphatic rings. The minimum Gasteiger partial charge on any atom is -0.396 e. The third kappa shape index (κ3) is 2.85. The van der Waals surface area contributed by atoms with Crippen molar-refractivity contribution in [2.45, 2.75) is 25.7 Å². The van der Waals surface area contributed by atoms with E-state index >= 15 is 0 Å². The Morgan fingerprint density at radius 2 is 2.08 bits per heavy atom. The fourth-order valence-electron chi connectivity index (χ4n) is 1.85. The van der Waals surface area contributed by atoms with E-state index in [0.717, 1.165) is 25.7 Å². The number of amides is 1. The van der Waals surface area contributed by atoms with Crippen molar-refractivity contribution in [2.24, 2.45) is 5.41 Å². The summed E-state index contributed by atoms with van der Waals surface area (Å²) in [6, 6.07) is 0. The van der Waals surface area contributed by atoms with Crippen molar-refractivity contribution in [3.8, 4) is 0 Å². The Morgan fingerprint density at radius 3 is 2.54 bits per heavy atom. The van der Waals surface area contributed by atoms with E-state index in [9.17, 15) is 9.90 Å². The molecular formula is C9H16ClNO2. The van der Waals surface area contributed by atoms with Gasteiger partial charge in [-0.25, -0.2) is 0 Å². The Bertz CT molecular complexity index is 178. The molecule has 1 saturated carbocycles. The first-order valence-corrected chi connectivity index (χ1v) is 5.19. The van der Waals surface area contributed by atoms with Crippen LogP contribution in [-0.4, -0.2) is 30.0 Å². The van der Waals surface area contributed by atoms with Crippen LogP contribution in [0.15, 0.2) is 0 Å². The number of nitrogens with one attached hydrogen (secondary N) is 1. The van der Waals surface area contributed by atoms with E-state index in [2.05, 4.69) is 5.32 Å². The lowest BCUT2D eigenvalue weighted by Gasteiger charge is -2.26. The first-order chi connectivity index (χ1) is 6.22. The van der Waals surface area contributed by atoms with Gasteiger partial charge in [0.15, 0.2) is 0 Å². The predicted molar refractivity (Wildman–Crippen MR) is 51.7 cm³/mol. The number of carbonyl (C=O) groups excluding carboxylic acids is 1. The lowest BCUT2D eigenvalue weighted by Crippen LogP contribution is -2.38. The summed E-state index contributed by atoms with van der Waals surface area (Å²) >= 11 is 5.35. The molecule has 2 N–H and O–H groups in total. The van der Waals surface area contributed by atoms with Crippen LogP contribution in [0, 0.1) is 5.41 Å². The summed E-state index contributed by atoms with van der Waals surface area (Å²) in [4.78, 5) is 10.9. The highest BCUT2D eigenvalue weighted by Crippen LogP contribution is 2.36. The van der Waals surface area contributed by atoms with Crippen molar-refractivity contribution in [3.63, 3.8) is 0 Å². The van der Waals surface area contributed by atoms with Crippen LogP contribution in [0.25, 0.3) is 0 Å². The van der Waals surface area contributed by atoms with Gasteiger partial charge in [0.2, 0.25) is 5.91 Å². The number of alkyl halides is 1. The smallest absolute Gasteiger partial charge is 0.234 e. The Labute approximate surface area is 83.5 Å². The monoisotopic (exact) mass is 205 g/mol. The van der Waals surface area contributed by atoms with Crippen molar-refractivity contribution in [2.75, 3.05) is 19.0 Å². The van der Waals surface area contributed by atoms with Crippen LogP contribution in [0.1, 0.15) is 25.7 Å². The standard InChI is InChI=1S/C9H16ClNO2/c10-5-8(13)11-6-9(7-12)3-1-2-4-9/h12H,1-7H2,(H,11,13). The van der Waals surface area contributed by atoms with E-state index in [1.54, 1.807) is 0 Å². The van der Waals surface area contributed by atoms with Gasteiger partial charge in [-0.15, -0.1) is 11.6 Å². The van der Waals surface area contributed by atoms with Gasteiger partial charge in [-0.2, -0.15) is 0 Å². The molecule has 0 unspecified atom stereocenters. The lowest BCUT2D eigenvalue weighted by atomic mass is 9.87. The van der Waals surface area contributed by atoms with Crippen molar-refractivity contribution < 1.29 is 9.90 Å². The molecule has 0 aromatic heterocycles. The van der Waals surface area contributed by atoms with Crippen LogP contribution in [0.2, 0.25) is 0 Å². The molecule has 0 spiro atoms. The fourth-order valence-corrected chi connectivity index (χ4v) is 1.94. The Balaban J connectivity index is 2.35. The minimum absolute atomic E-state index is 0.00150. The first kappa shape index (κ1) is 10.8. The Morgan fingerprint density at radius 1 is 1.46 bits per heavy atom. The van der Waals surface area contributed by atoms with Crippen LogP contribution >= 0.6 is 11.6 Å². The molecule has 0 aromatic rings. The summed E-state index contributed by atoms with van der Waals surface area (Å²) in [6.45, 7) is 0.727. The summed E-state index contributed by atoms with van der Waals surface area (Å²) in [5.41, 5.74) is -0.0677. The van der Waals surface area contributed by atoms with E-state index < -0.39 is 0 Å². The van der Waals surface area contributed by atoms with E-state index in [1.165, 1.54) is 0 Å². The minimum atomic E-state index is -0.151. The molecule has 76 valence electrons. The molecular weight excluding hydrogens is 190 g/mol. The first-order valence-electron chi connectivity index (χ1n) is 4.66. The van der Waals surface area contributed by atoms with Crippen molar-refractivity contribution >= 4 is 17.5 Å². The van der Waals surface area contributed by atoms with E-state index in [4.69, 9.17) is 11.6 Å². The summed E-state index contributed by atoms with van der Waals surface area (Å²) in [7, 11) is 0. The van der Waals surface area contributed by atoms with E-state index in [-0.39, 0.29) is 23.8 Å². The second kappa shape index (κ2) is 4.82. The SMILES string of the molecule is O=C(CCl)NCC1(CO)CCCC1. The normalized spacial score (nSPS) is 20.2. The molecule has 0 bridgehead atoms. The van der Waals surface area contributed by atoms with Gasteiger partial charge in [0.1, 0.15) is 5.88 Å². The molecule has 1 rings (SSSR count). The molecule has 13 heavy (non-hydrogen) atoms. The van der Waals surface area contributed by atoms with Crippen LogP contribution in [0.5, 0.6) is 0 Å². The maximum atomic E-state index is 10.9. The van der Waals surface area contributed by atoms with Crippen LogP contribution in [0.3, 0.4) is 0 Å². The van der Waals surface area contributed by atoms with Gasteiger partial charge in [0.05, 0.1) is 6.61 Å². The average Bonchev–Trinajstić information content (AvgIpc) is 2.63. The Hall–Kier alpha value is -0.280. The van der Waals surface area contributed by atoms with E-state index in [1.807, 2.05) is 0 Å². The van der Waals surface area contributed by atoms with Gasteiger partial charge >= 0.3 is 0 Å². The largest absolute Gasteiger partial charge is 0.396 e. The summed E-state index contributed by atoms with van der Waals surface area (Å²) < 4.78 is 0. The molecule has 0 saturated heterocycles. The van der Waals surface area contributed by atoms with Gasteiger partial charge in [0.25, 0.3) is 0 Å². The maximum absolute atomic E-state index is 10.9. The van der Waals surface area contributed by atoms with Gasteiger partial charge < -0.3 is 10.4 Å². The van der Waals surface area contributed by atoms with Crippen molar-refractivity contribution in [1.82, 2.24) is 5.32 Å². The summed E-state index contributed by atoms with van der Waals surface area (Å²) in [5, 5.41) is 12.0. The van der Waals surface area contributed by atoms with Crippen LogP contribution < -0.4 is 5.32 Å². The molecule has 3 nitrogen and oxygen atoms in total. The highest BCUT2D eigenvalue weighted by atomic mass is 35.5. The zero-order chi connectivity index (χ0) is 9.73. The number of halogens is 1. The number of hydrogen-bond donors (Lipinski definition) is 2. The van der Waals surface area contributed by atoms with Gasteiger partial charge in [-0.1, -0.05) is 12.8 Å². The maximum Gasteiger partial charge on any atom is 0.234 e. The zero-order valence-corrected chi connectivity index (χ0v) is 8.44. The second-order valence-electron chi connectivity index (χ2n) is 3.78. The molecule has 0 heterocycles. The Kier molecular flexibility index (Phi) is 4.00. The van der Waals surface area contributed by atoms with Gasteiger partial charge in [-0.3, -0.25) is 4.79 Å². The van der Waals surface area contributed by atoms with Crippen molar-refractivity contribution in [3.05, 3.63) is 0 Å². The molecule has 0 aromatic carbocycles. The fraction of sp³-hybridized carbons (Fsp3) is 0.889. The molecule has 0 atom stereocenters. The summed E-state index contributed by atoms with van der Waals surface area (Å²) in [5.74, 6) is -0.150. The topological polar surface area (TPSA) is 49.3 Å². The van der Waals surface area contributed by atoms with Crippen LogP contribution in [-0.2, 0) is 4.79 Å². The molecule has 1 amide bonds. The molecule has 1 fully saturated rings. The molecule has 4 heteroatoms. The third-order valence-electron chi connectivity index (χ3n) is 2.78. The average molecular weight is 206 g/mol. The predicted octanol–water partition coefficient (Wildman–Crippen LogP) is 0.894. The number of hydrogen-bond acceptors (Lipinski definition) is 2. The number of aliphatic hydroxyl groups excluding tert-OH is 1. The van der Waals surface area contributed by atoms with E-state index in [0.29, 0.717) is 6.54 Å². The highest BCUT2D eigenvalue weighted by Gasteiger charge is 2.33.